The molecule has 0 fully saturated rings. The molecule has 5 nitrogen and oxygen atoms in total. The zero-order chi connectivity index (χ0) is 13.1. The summed E-state index contributed by atoms with van der Waals surface area (Å²) in [6.07, 6.45) is 0. The number of nitrogens with one attached hydrogen (secondary N) is 1. The second-order valence-electron chi connectivity index (χ2n) is 4.57. The molecular formula is C12H19NO4. The summed E-state index contributed by atoms with van der Waals surface area (Å²) in [7, 11) is 1.65. The molecule has 0 aliphatic rings. The van der Waals surface area contributed by atoms with Crippen LogP contribution in [0.4, 0.5) is 0 Å². The van der Waals surface area contributed by atoms with Crippen molar-refractivity contribution >= 4 is 5.97 Å². The van der Waals surface area contributed by atoms with Crippen molar-refractivity contribution in [1.29, 1.82) is 0 Å². The molecule has 1 aromatic heterocycles. The molecule has 0 saturated carbocycles. The van der Waals surface area contributed by atoms with E-state index in [4.69, 9.17) is 14.3 Å². The Labute approximate surface area is 101 Å². The molecular weight excluding hydrogens is 222 g/mol. The Kier molecular flexibility index (Phi) is 4.31. The summed E-state index contributed by atoms with van der Waals surface area (Å²) in [5.41, 5.74) is -0.267. The molecule has 0 aromatic carbocycles. The number of hydrogen-bond acceptors (Lipinski definition) is 4. The highest BCUT2D eigenvalue weighted by molar-refractivity contribution is 5.84. The van der Waals surface area contributed by atoms with E-state index in [2.05, 4.69) is 5.32 Å². The van der Waals surface area contributed by atoms with Crippen molar-refractivity contribution in [2.45, 2.75) is 32.4 Å². The van der Waals surface area contributed by atoms with Gasteiger partial charge in [-0.25, -0.2) is 4.79 Å². The van der Waals surface area contributed by atoms with Crippen molar-refractivity contribution in [3.05, 3.63) is 23.7 Å². The molecule has 1 atom stereocenters. The molecule has 0 spiro atoms. The van der Waals surface area contributed by atoms with Crippen LogP contribution in [-0.2, 0) is 4.74 Å². The van der Waals surface area contributed by atoms with Gasteiger partial charge in [-0.05, 0) is 32.9 Å². The van der Waals surface area contributed by atoms with Crippen LogP contribution in [0.25, 0.3) is 0 Å². The lowest BCUT2D eigenvalue weighted by atomic mass is 10.1. The molecule has 0 amide bonds. The van der Waals surface area contributed by atoms with Crippen LogP contribution < -0.4 is 5.32 Å². The van der Waals surface area contributed by atoms with Crippen LogP contribution in [0.2, 0.25) is 0 Å². The first kappa shape index (κ1) is 13.7. The van der Waals surface area contributed by atoms with Crippen molar-refractivity contribution in [2.75, 3.05) is 13.7 Å². The zero-order valence-corrected chi connectivity index (χ0v) is 10.6. The van der Waals surface area contributed by atoms with Crippen molar-refractivity contribution in [1.82, 2.24) is 5.32 Å². The molecule has 0 saturated heterocycles. The number of furan rings is 1. The summed E-state index contributed by atoms with van der Waals surface area (Å²) in [6.45, 7) is 6.50. The quantitative estimate of drug-likeness (QED) is 0.797. The molecule has 5 heteroatoms. The second-order valence-corrected chi connectivity index (χ2v) is 4.57. The van der Waals surface area contributed by atoms with E-state index in [0.717, 1.165) is 0 Å². The largest absolute Gasteiger partial charge is 0.475 e. The normalized spacial score (nSPS) is 13.6. The second kappa shape index (κ2) is 5.33. The van der Waals surface area contributed by atoms with Crippen molar-refractivity contribution in [3.63, 3.8) is 0 Å². The van der Waals surface area contributed by atoms with Gasteiger partial charge in [0.15, 0.2) is 0 Å². The molecule has 0 radical (unpaired) electrons. The molecule has 1 unspecified atom stereocenters. The van der Waals surface area contributed by atoms with Crippen LogP contribution in [-0.4, -0.2) is 30.3 Å². The van der Waals surface area contributed by atoms with Crippen LogP contribution >= 0.6 is 0 Å². The van der Waals surface area contributed by atoms with Gasteiger partial charge >= 0.3 is 5.97 Å². The third-order valence-corrected chi connectivity index (χ3v) is 2.65. The van der Waals surface area contributed by atoms with Crippen LogP contribution in [0.5, 0.6) is 0 Å². The highest BCUT2D eigenvalue weighted by Gasteiger charge is 2.19. The Bertz CT molecular complexity index is 384. The minimum atomic E-state index is -1.05. The van der Waals surface area contributed by atoms with E-state index < -0.39 is 5.97 Å². The minimum absolute atomic E-state index is 0.0420. The fourth-order valence-corrected chi connectivity index (χ4v) is 1.27. The van der Waals surface area contributed by atoms with Gasteiger partial charge in [-0.1, -0.05) is 0 Å². The SMILES string of the molecule is COC(C)(C)CNC(C)c1ccc(C(=O)O)o1. The lowest BCUT2D eigenvalue weighted by molar-refractivity contribution is 0.0208. The average Bonchev–Trinajstić information content (AvgIpc) is 2.75. The number of hydrogen-bond donors (Lipinski definition) is 2. The highest BCUT2D eigenvalue weighted by atomic mass is 16.5. The van der Waals surface area contributed by atoms with E-state index in [1.807, 2.05) is 20.8 Å². The predicted molar refractivity (Wildman–Crippen MR) is 63.2 cm³/mol. The maximum atomic E-state index is 10.7. The summed E-state index contributed by atoms with van der Waals surface area (Å²) in [4.78, 5) is 10.7. The maximum Gasteiger partial charge on any atom is 0.371 e. The first-order valence-corrected chi connectivity index (χ1v) is 5.47. The summed E-state index contributed by atoms with van der Waals surface area (Å²) < 4.78 is 10.5. The van der Waals surface area contributed by atoms with Crippen molar-refractivity contribution in [2.24, 2.45) is 0 Å². The molecule has 1 heterocycles. The van der Waals surface area contributed by atoms with Gasteiger partial charge in [-0.2, -0.15) is 0 Å². The molecule has 0 aliphatic heterocycles. The first-order valence-electron chi connectivity index (χ1n) is 5.47. The standard InChI is InChI=1S/C12H19NO4/c1-8(13-7-12(2,3)16-4)9-5-6-10(17-9)11(14)15/h5-6,8,13H,7H2,1-4H3,(H,14,15). The molecule has 1 rings (SSSR count). The van der Waals surface area contributed by atoms with E-state index in [1.165, 1.54) is 6.07 Å². The van der Waals surface area contributed by atoms with Gasteiger partial charge in [0.05, 0.1) is 11.6 Å². The molecule has 17 heavy (non-hydrogen) atoms. The van der Waals surface area contributed by atoms with Gasteiger partial charge in [-0.3, -0.25) is 0 Å². The molecule has 0 bridgehead atoms. The summed E-state index contributed by atoms with van der Waals surface area (Å²) in [5, 5.41) is 12.0. The highest BCUT2D eigenvalue weighted by Crippen LogP contribution is 2.17. The minimum Gasteiger partial charge on any atom is -0.475 e. The first-order chi connectivity index (χ1) is 7.85. The Morgan fingerprint density at radius 3 is 2.71 bits per heavy atom. The van der Waals surface area contributed by atoms with E-state index in [9.17, 15) is 4.79 Å². The van der Waals surface area contributed by atoms with Gasteiger partial charge < -0.3 is 19.6 Å². The Balaban J connectivity index is 2.58. The molecule has 96 valence electrons. The predicted octanol–water partition coefficient (Wildman–Crippen LogP) is 2.05. The van der Waals surface area contributed by atoms with Crippen LogP contribution in [0.15, 0.2) is 16.5 Å². The molecule has 2 N–H and O–H groups in total. The van der Waals surface area contributed by atoms with Gasteiger partial charge in [0.25, 0.3) is 0 Å². The number of ether oxygens (including phenoxy) is 1. The van der Waals surface area contributed by atoms with Crippen LogP contribution in [0, 0.1) is 0 Å². The lowest BCUT2D eigenvalue weighted by Gasteiger charge is -2.25. The monoisotopic (exact) mass is 241 g/mol. The number of aromatic carboxylic acids is 1. The van der Waals surface area contributed by atoms with E-state index in [0.29, 0.717) is 12.3 Å². The number of carboxylic acid groups (broad SMARTS) is 1. The van der Waals surface area contributed by atoms with Crippen LogP contribution in [0.1, 0.15) is 43.1 Å². The Hall–Kier alpha value is -1.33. The topological polar surface area (TPSA) is 71.7 Å². The number of rotatable bonds is 6. The van der Waals surface area contributed by atoms with E-state index in [-0.39, 0.29) is 17.4 Å². The molecule has 0 aliphatic carbocycles. The summed E-state index contributed by atoms with van der Waals surface area (Å²) >= 11 is 0. The zero-order valence-electron chi connectivity index (χ0n) is 10.6. The van der Waals surface area contributed by atoms with Gasteiger partial charge in [0.1, 0.15) is 5.76 Å². The van der Waals surface area contributed by atoms with Crippen LogP contribution in [0.3, 0.4) is 0 Å². The van der Waals surface area contributed by atoms with Gasteiger partial charge in [0, 0.05) is 13.7 Å². The number of carboxylic acids is 1. The Morgan fingerprint density at radius 1 is 1.59 bits per heavy atom. The summed E-state index contributed by atoms with van der Waals surface area (Å²) in [6, 6.07) is 3.07. The Morgan fingerprint density at radius 2 is 2.24 bits per heavy atom. The van der Waals surface area contributed by atoms with Gasteiger partial charge in [0.2, 0.25) is 5.76 Å². The van der Waals surface area contributed by atoms with E-state index in [1.54, 1.807) is 13.2 Å². The fraction of sp³-hybridized carbons (Fsp3) is 0.583. The maximum absolute atomic E-state index is 10.7. The lowest BCUT2D eigenvalue weighted by Crippen LogP contribution is -2.37. The number of carbonyl (C=O) groups is 1. The number of methoxy groups -OCH3 is 1. The average molecular weight is 241 g/mol. The fourth-order valence-electron chi connectivity index (χ4n) is 1.27. The molecule has 1 aromatic rings. The van der Waals surface area contributed by atoms with Crippen molar-refractivity contribution in [3.8, 4) is 0 Å². The third-order valence-electron chi connectivity index (χ3n) is 2.65. The van der Waals surface area contributed by atoms with Gasteiger partial charge in [-0.15, -0.1) is 0 Å². The summed E-state index contributed by atoms with van der Waals surface area (Å²) in [5.74, 6) is -0.491. The van der Waals surface area contributed by atoms with Crippen molar-refractivity contribution < 1.29 is 19.1 Å². The smallest absolute Gasteiger partial charge is 0.371 e. The third kappa shape index (κ3) is 3.87. The van der Waals surface area contributed by atoms with E-state index >= 15 is 0 Å².